The smallest absolute Gasteiger partial charge is 0.373 e. The highest BCUT2D eigenvalue weighted by Gasteiger charge is 2.47. The molecule has 5 heteroatoms. The summed E-state index contributed by atoms with van der Waals surface area (Å²) in [5.74, 6) is 0. The highest BCUT2D eigenvalue weighted by molar-refractivity contribution is 6.61. The van der Waals surface area contributed by atoms with Crippen molar-refractivity contribution in [3.63, 3.8) is 0 Å². The molecular weight excluding hydrogens is 342 g/mol. The van der Waals surface area contributed by atoms with E-state index in [1.165, 1.54) is 25.7 Å². The predicted octanol–water partition coefficient (Wildman–Crippen LogP) is 5.99. The van der Waals surface area contributed by atoms with Crippen LogP contribution in [0.25, 0.3) is 0 Å². The molecule has 0 aromatic heterocycles. The molecule has 0 heterocycles. The zero-order valence-electron chi connectivity index (χ0n) is 18.4. The molecule has 0 saturated carbocycles. The second-order valence-corrected chi connectivity index (χ2v) is 10.1. The SMILES string of the molecule is CCCCO[Si](CN)(OCCCC)OC(CCC)(CCCC)CCCC. The van der Waals surface area contributed by atoms with Crippen LogP contribution >= 0.6 is 0 Å². The van der Waals surface area contributed by atoms with Gasteiger partial charge in [-0.05, 0) is 32.1 Å². The van der Waals surface area contributed by atoms with Crippen LogP contribution in [-0.4, -0.2) is 33.8 Å². The van der Waals surface area contributed by atoms with Crippen molar-refractivity contribution in [2.24, 2.45) is 5.73 Å². The summed E-state index contributed by atoms with van der Waals surface area (Å²) < 4.78 is 19.5. The normalized spacial score (nSPS) is 12.7. The van der Waals surface area contributed by atoms with Crippen LogP contribution in [0.4, 0.5) is 0 Å². The maximum absolute atomic E-state index is 6.88. The zero-order chi connectivity index (χ0) is 19.7. The Hall–Kier alpha value is 0.0569. The van der Waals surface area contributed by atoms with E-state index in [0.29, 0.717) is 19.4 Å². The minimum absolute atomic E-state index is 0.134. The number of hydrogen-bond donors (Lipinski definition) is 1. The predicted molar refractivity (Wildman–Crippen MR) is 114 cm³/mol. The molecule has 0 aliphatic carbocycles. The molecule has 0 saturated heterocycles. The summed E-state index contributed by atoms with van der Waals surface area (Å²) in [5, 5.41) is 0. The van der Waals surface area contributed by atoms with Gasteiger partial charge in [0.25, 0.3) is 0 Å². The second-order valence-electron chi connectivity index (χ2n) is 7.53. The summed E-state index contributed by atoms with van der Waals surface area (Å²) in [5.41, 5.74) is 6.09. The Morgan fingerprint density at radius 2 is 1.12 bits per heavy atom. The van der Waals surface area contributed by atoms with Crippen molar-refractivity contribution < 1.29 is 13.3 Å². The third-order valence-corrected chi connectivity index (χ3v) is 7.47. The average molecular weight is 390 g/mol. The Bertz CT molecular complexity index is 298. The number of nitrogens with two attached hydrogens (primary N) is 1. The Morgan fingerprint density at radius 1 is 0.654 bits per heavy atom. The lowest BCUT2D eigenvalue weighted by Crippen LogP contribution is -2.58. The van der Waals surface area contributed by atoms with E-state index in [-0.39, 0.29) is 5.60 Å². The molecule has 0 unspecified atom stereocenters. The lowest BCUT2D eigenvalue weighted by atomic mass is 9.87. The summed E-state index contributed by atoms with van der Waals surface area (Å²) in [7, 11) is -2.84. The van der Waals surface area contributed by atoms with Gasteiger partial charge >= 0.3 is 8.80 Å². The van der Waals surface area contributed by atoms with E-state index < -0.39 is 8.80 Å². The monoisotopic (exact) mass is 389 g/mol. The van der Waals surface area contributed by atoms with Crippen LogP contribution in [0.2, 0.25) is 0 Å². The van der Waals surface area contributed by atoms with Crippen molar-refractivity contribution in [3.05, 3.63) is 0 Å². The summed E-state index contributed by atoms with van der Waals surface area (Å²) in [6.45, 7) is 12.5. The van der Waals surface area contributed by atoms with Gasteiger partial charge in [0, 0.05) is 13.2 Å². The van der Waals surface area contributed by atoms with Crippen molar-refractivity contribution in [3.8, 4) is 0 Å². The highest BCUT2D eigenvalue weighted by atomic mass is 28.4. The molecular formula is C21H47NO3Si. The molecule has 0 aromatic rings. The van der Waals surface area contributed by atoms with Crippen molar-refractivity contribution in [2.45, 2.75) is 117 Å². The van der Waals surface area contributed by atoms with Crippen molar-refractivity contribution in [1.82, 2.24) is 0 Å². The minimum atomic E-state index is -2.84. The van der Waals surface area contributed by atoms with Gasteiger partial charge in [-0.1, -0.05) is 79.6 Å². The Balaban J connectivity index is 5.41. The standard InChI is InChI=1S/C21H47NO3Si/c1-6-11-16-21(15-10-5,17-12-7-2)25-26(20-22,23-18-13-8-3)24-19-14-9-4/h6-20,22H2,1-5H3. The van der Waals surface area contributed by atoms with Gasteiger partial charge in [0.15, 0.2) is 0 Å². The van der Waals surface area contributed by atoms with Crippen LogP contribution < -0.4 is 5.73 Å². The van der Waals surface area contributed by atoms with E-state index in [1.807, 2.05) is 0 Å². The quantitative estimate of drug-likeness (QED) is 0.218. The number of hydrogen-bond acceptors (Lipinski definition) is 4. The lowest BCUT2D eigenvalue weighted by molar-refractivity contribution is -0.0500. The first-order chi connectivity index (χ1) is 12.6. The van der Waals surface area contributed by atoms with E-state index >= 15 is 0 Å². The van der Waals surface area contributed by atoms with E-state index in [2.05, 4.69) is 34.6 Å². The fourth-order valence-electron chi connectivity index (χ4n) is 3.32. The highest BCUT2D eigenvalue weighted by Crippen LogP contribution is 2.34. The van der Waals surface area contributed by atoms with Gasteiger partial charge in [-0.3, -0.25) is 0 Å². The van der Waals surface area contributed by atoms with E-state index in [0.717, 1.165) is 51.4 Å². The Labute approximate surface area is 164 Å². The van der Waals surface area contributed by atoms with Crippen LogP contribution in [0, 0.1) is 0 Å². The van der Waals surface area contributed by atoms with Crippen molar-refractivity contribution >= 4 is 8.80 Å². The molecule has 0 rings (SSSR count). The maximum Gasteiger partial charge on any atom is 0.515 e. The Morgan fingerprint density at radius 3 is 1.46 bits per heavy atom. The first-order valence-electron chi connectivity index (χ1n) is 11.3. The summed E-state index contributed by atoms with van der Waals surface area (Å²) in [6, 6.07) is 0. The molecule has 0 atom stereocenters. The molecule has 2 N–H and O–H groups in total. The fourth-order valence-corrected chi connectivity index (χ4v) is 5.71. The third kappa shape index (κ3) is 10.4. The fraction of sp³-hybridized carbons (Fsp3) is 1.00. The van der Waals surface area contributed by atoms with E-state index in [9.17, 15) is 0 Å². The number of rotatable bonds is 19. The summed E-state index contributed by atoms with van der Waals surface area (Å²) in [6.07, 6.45) is 13.7. The van der Waals surface area contributed by atoms with Gasteiger partial charge in [-0.15, -0.1) is 0 Å². The molecule has 0 spiro atoms. The summed E-state index contributed by atoms with van der Waals surface area (Å²) in [4.78, 5) is 0. The van der Waals surface area contributed by atoms with Crippen LogP contribution in [0.1, 0.15) is 112 Å². The van der Waals surface area contributed by atoms with E-state index in [4.69, 9.17) is 19.0 Å². The van der Waals surface area contributed by atoms with Crippen LogP contribution in [-0.2, 0) is 13.3 Å². The molecule has 0 bridgehead atoms. The van der Waals surface area contributed by atoms with Gasteiger partial charge in [0.2, 0.25) is 0 Å². The molecule has 26 heavy (non-hydrogen) atoms. The summed E-state index contributed by atoms with van der Waals surface area (Å²) >= 11 is 0. The van der Waals surface area contributed by atoms with Gasteiger partial charge in [-0.2, -0.15) is 0 Å². The molecule has 4 nitrogen and oxygen atoms in total. The Kier molecular flexibility index (Phi) is 16.1. The van der Waals surface area contributed by atoms with Crippen molar-refractivity contribution in [2.75, 3.05) is 19.4 Å². The second kappa shape index (κ2) is 16.1. The molecule has 0 aromatic carbocycles. The molecule has 0 radical (unpaired) electrons. The molecule has 0 aliphatic heterocycles. The van der Waals surface area contributed by atoms with E-state index in [1.54, 1.807) is 0 Å². The minimum Gasteiger partial charge on any atom is -0.373 e. The molecule has 0 fully saturated rings. The maximum atomic E-state index is 6.88. The van der Waals surface area contributed by atoms with Gasteiger partial charge in [0.1, 0.15) is 0 Å². The van der Waals surface area contributed by atoms with Crippen molar-refractivity contribution in [1.29, 1.82) is 0 Å². The van der Waals surface area contributed by atoms with Crippen LogP contribution in [0.3, 0.4) is 0 Å². The average Bonchev–Trinajstić information content (AvgIpc) is 2.65. The van der Waals surface area contributed by atoms with Crippen LogP contribution in [0.5, 0.6) is 0 Å². The van der Waals surface area contributed by atoms with Crippen LogP contribution in [0.15, 0.2) is 0 Å². The van der Waals surface area contributed by atoms with Gasteiger partial charge in [0.05, 0.1) is 11.8 Å². The van der Waals surface area contributed by atoms with Gasteiger partial charge < -0.3 is 19.0 Å². The van der Waals surface area contributed by atoms with Gasteiger partial charge in [-0.25, -0.2) is 0 Å². The lowest BCUT2D eigenvalue weighted by Gasteiger charge is -2.42. The topological polar surface area (TPSA) is 53.7 Å². The zero-order valence-corrected chi connectivity index (χ0v) is 19.4. The molecule has 0 amide bonds. The third-order valence-electron chi connectivity index (χ3n) is 4.94. The largest absolute Gasteiger partial charge is 0.515 e. The molecule has 0 aliphatic rings. The first kappa shape index (κ1) is 26.1. The number of unbranched alkanes of at least 4 members (excludes halogenated alkanes) is 4. The molecule has 158 valence electrons. The first-order valence-corrected chi connectivity index (χ1v) is 13.2.